The highest BCUT2D eigenvalue weighted by atomic mass is 16.8. The largest absolute Gasteiger partial charge is 0.462 e. The SMILES string of the molecule is CC(=O)O[C@H]1C[C@@H](C)O[C@H]2O[C@@H]3C[C@@H]4CC[C@@H]5[C@H](CC[C@]6(C)[C@@H](C7=CC(=O)OC7)[C@H](OC(C)=O)C[C@]56O)[C@@]4(C=O)C[C@H]3O[C@]21O. The molecule has 0 unspecified atom stereocenters. The zero-order valence-corrected chi connectivity index (χ0v) is 26.3. The number of rotatable bonds is 4. The number of ether oxygens (including phenoxy) is 6. The molecule has 4 aliphatic carbocycles. The van der Waals surface area contributed by atoms with Crippen LogP contribution in [0.5, 0.6) is 0 Å². The molecule has 2 N–H and O–H groups in total. The number of hydrogen-bond acceptors (Lipinski definition) is 12. The van der Waals surface area contributed by atoms with Gasteiger partial charge in [-0.05, 0) is 68.8 Å². The molecule has 0 bridgehead atoms. The Morgan fingerprint density at radius 3 is 2.42 bits per heavy atom. The van der Waals surface area contributed by atoms with Crippen molar-refractivity contribution in [1.82, 2.24) is 0 Å². The van der Waals surface area contributed by atoms with Crippen LogP contribution in [-0.2, 0) is 47.6 Å². The Labute approximate surface area is 262 Å². The first-order valence-electron chi connectivity index (χ1n) is 16.4. The van der Waals surface area contributed by atoms with Gasteiger partial charge in [0.2, 0.25) is 6.29 Å². The first-order valence-corrected chi connectivity index (χ1v) is 16.4. The third-order valence-electron chi connectivity index (χ3n) is 12.7. The van der Waals surface area contributed by atoms with Crippen molar-refractivity contribution < 1.29 is 57.8 Å². The van der Waals surface area contributed by atoms with Crippen LogP contribution in [0.25, 0.3) is 0 Å². The maximum absolute atomic E-state index is 13.4. The molecule has 7 rings (SSSR count). The lowest BCUT2D eigenvalue weighted by Gasteiger charge is -2.64. The number of carbonyl (C=O) groups excluding carboxylic acids is 4. The van der Waals surface area contributed by atoms with Gasteiger partial charge in [-0.15, -0.1) is 0 Å². The summed E-state index contributed by atoms with van der Waals surface area (Å²) in [7, 11) is 0. The molecule has 0 amide bonds. The summed E-state index contributed by atoms with van der Waals surface area (Å²) >= 11 is 0. The molecule has 12 heteroatoms. The Hall–Kier alpha value is -2.38. The van der Waals surface area contributed by atoms with Crippen LogP contribution in [0.15, 0.2) is 11.6 Å². The molecular weight excluding hydrogens is 588 g/mol. The highest BCUT2D eigenvalue weighted by Gasteiger charge is 2.73. The zero-order valence-electron chi connectivity index (χ0n) is 26.3. The van der Waals surface area contributed by atoms with Crippen molar-refractivity contribution in [2.24, 2.45) is 34.5 Å². The minimum absolute atomic E-state index is 0.0319. The maximum Gasteiger partial charge on any atom is 0.331 e. The van der Waals surface area contributed by atoms with E-state index in [1.807, 2.05) is 13.8 Å². The topological polar surface area (TPSA) is 164 Å². The number of esters is 3. The second kappa shape index (κ2) is 10.6. The smallest absolute Gasteiger partial charge is 0.331 e. The van der Waals surface area contributed by atoms with Crippen molar-refractivity contribution in [2.45, 2.75) is 127 Å². The summed E-state index contributed by atoms with van der Waals surface area (Å²) in [5.41, 5.74) is -2.12. The summed E-state index contributed by atoms with van der Waals surface area (Å²) < 4.78 is 35.2. The molecule has 4 saturated carbocycles. The molecule has 3 aliphatic heterocycles. The van der Waals surface area contributed by atoms with E-state index in [4.69, 9.17) is 28.4 Å². The fourth-order valence-corrected chi connectivity index (χ4v) is 10.9. The molecule has 0 radical (unpaired) electrons. The van der Waals surface area contributed by atoms with Gasteiger partial charge in [0, 0.05) is 49.5 Å². The maximum atomic E-state index is 13.4. The third kappa shape index (κ3) is 4.49. The van der Waals surface area contributed by atoms with Crippen LogP contribution in [0.1, 0.15) is 79.1 Å². The van der Waals surface area contributed by atoms with Crippen molar-refractivity contribution in [3.05, 3.63) is 11.6 Å². The standard InChI is InChI=1S/C33H44O12/c1-16-9-26(43-18(3)36)33(39)29(41-16)44-23-11-20-5-6-22-21(31(20,15-34)12-24(23)45-33)7-8-30(4)28(19-10-27(37)40-14-19)25(42-17(2)35)13-32(22,30)38/h10,15-16,20-26,28-29,38-39H,5-9,11-14H2,1-4H3/t16-,20+,21+,22-,23-,24-,25-,26+,28+,29+,30-,31-,32+,33+/m1/s1. The van der Waals surface area contributed by atoms with E-state index in [-0.39, 0.29) is 49.7 Å². The molecule has 6 fully saturated rings. The van der Waals surface area contributed by atoms with Gasteiger partial charge in [-0.3, -0.25) is 9.59 Å². The molecule has 12 nitrogen and oxygen atoms in total. The van der Waals surface area contributed by atoms with Crippen molar-refractivity contribution in [2.75, 3.05) is 6.61 Å². The van der Waals surface area contributed by atoms with Crippen molar-refractivity contribution in [3.8, 4) is 0 Å². The van der Waals surface area contributed by atoms with E-state index < -0.39 is 76.7 Å². The molecule has 248 valence electrons. The molecule has 14 atom stereocenters. The van der Waals surface area contributed by atoms with Gasteiger partial charge in [-0.1, -0.05) is 6.92 Å². The normalized spacial score (nSPS) is 51.7. The van der Waals surface area contributed by atoms with Gasteiger partial charge in [-0.25, -0.2) is 4.79 Å². The van der Waals surface area contributed by atoms with Crippen LogP contribution in [0.2, 0.25) is 0 Å². The highest BCUT2D eigenvalue weighted by molar-refractivity contribution is 5.85. The Balaban J connectivity index is 1.20. The van der Waals surface area contributed by atoms with Crippen LogP contribution in [0, 0.1) is 34.5 Å². The fraction of sp³-hybridized carbons (Fsp3) is 0.818. The predicted octanol–water partition coefficient (Wildman–Crippen LogP) is 2.11. The van der Waals surface area contributed by atoms with Crippen molar-refractivity contribution >= 4 is 24.2 Å². The van der Waals surface area contributed by atoms with E-state index >= 15 is 0 Å². The van der Waals surface area contributed by atoms with Crippen LogP contribution < -0.4 is 0 Å². The van der Waals surface area contributed by atoms with E-state index in [0.29, 0.717) is 32.1 Å². The molecule has 7 aliphatic rings. The summed E-state index contributed by atoms with van der Waals surface area (Å²) in [6, 6.07) is 0. The second-order valence-corrected chi connectivity index (χ2v) is 14.9. The predicted molar refractivity (Wildman–Crippen MR) is 152 cm³/mol. The zero-order chi connectivity index (χ0) is 32.1. The average Bonchev–Trinajstić information content (AvgIpc) is 3.47. The number of aliphatic hydroxyl groups is 2. The number of hydrogen-bond donors (Lipinski definition) is 2. The molecule has 0 aromatic heterocycles. The summed E-state index contributed by atoms with van der Waals surface area (Å²) in [6.45, 7) is 6.56. The van der Waals surface area contributed by atoms with Crippen LogP contribution in [-0.4, -0.2) is 89.2 Å². The van der Waals surface area contributed by atoms with E-state index in [2.05, 4.69) is 0 Å². The van der Waals surface area contributed by atoms with Gasteiger partial charge >= 0.3 is 17.9 Å². The van der Waals surface area contributed by atoms with Gasteiger partial charge in [-0.2, -0.15) is 0 Å². The molecule has 0 aromatic carbocycles. The number of aldehydes is 1. The number of cyclic esters (lactones) is 1. The minimum atomic E-state index is -2.03. The Morgan fingerprint density at radius 1 is 1.00 bits per heavy atom. The number of carbonyl (C=O) groups is 4. The van der Waals surface area contributed by atoms with Crippen LogP contribution in [0.4, 0.5) is 0 Å². The monoisotopic (exact) mass is 632 g/mol. The summed E-state index contributed by atoms with van der Waals surface area (Å²) in [4.78, 5) is 49.6. The lowest BCUT2D eigenvalue weighted by molar-refractivity contribution is -0.457. The van der Waals surface area contributed by atoms with Gasteiger partial charge in [0.15, 0.2) is 6.10 Å². The van der Waals surface area contributed by atoms with Gasteiger partial charge in [0.25, 0.3) is 5.79 Å². The summed E-state index contributed by atoms with van der Waals surface area (Å²) in [6.07, 6.45) is 2.09. The molecule has 0 spiro atoms. The average molecular weight is 633 g/mol. The first-order chi connectivity index (χ1) is 21.2. The minimum Gasteiger partial charge on any atom is -0.462 e. The van der Waals surface area contributed by atoms with Gasteiger partial charge in [0.05, 0.1) is 23.9 Å². The Morgan fingerprint density at radius 2 is 1.76 bits per heavy atom. The lowest BCUT2D eigenvalue weighted by Crippen LogP contribution is -2.71. The third-order valence-corrected chi connectivity index (χ3v) is 12.7. The summed E-state index contributed by atoms with van der Waals surface area (Å²) in [5, 5.41) is 24.5. The van der Waals surface area contributed by atoms with Crippen LogP contribution >= 0.6 is 0 Å². The highest BCUT2D eigenvalue weighted by Crippen LogP contribution is 2.70. The van der Waals surface area contributed by atoms with Gasteiger partial charge in [0.1, 0.15) is 19.0 Å². The summed E-state index contributed by atoms with van der Waals surface area (Å²) in [5.74, 6) is -4.37. The second-order valence-electron chi connectivity index (χ2n) is 14.9. The van der Waals surface area contributed by atoms with Gasteiger partial charge < -0.3 is 43.4 Å². The van der Waals surface area contributed by atoms with E-state index in [9.17, 15) is 29.4 Å². The first kappa shape index (κ1) is 31.2. The molecule has 3 heterocycles. The lowest BCUT2D eigenvalue weighted by atomic mass is 9.42. The Kier molecular flexibility index (Phi) is 7.33. The molecule has 2 saturated heterocycles. The molecular formula is C33H44O12. The van der Waals surface area contributed by atoms with E-state index in [0.717, 1.165) is 11.9 Å². The fourth-order valence-electron chi connectivity index (χ4n) is 10.9. The quantitative estimate of drug-likeness (QED) is 0.201. The van der Waals surface area contributed by atoms with E-state index in [1.165, 1.54) is 19.9 Å². The molecule has 0 aromatic rings. The Bertz CT molecular complexity index is 1310. The molecule has 45 heavy (non-hydrogen) atoms. The van der Waals surface area contributed by atoms with E-state index in [1.54, 1.807) is 0 Å². The van der Waals surface area contributed by atoms with Crippen molar-refractivity contribution in [3.63, 3.8) is 0 Å². The van der Waals surface area contributed by atoms with Crippen LogP contribution in [0.3, 0.4) is 0 Å². The number of fused-ring (bicyclic) bond motifs is 7. The van der Waals surface area contributed by atoms with Crippen molar-refractivity contribution in [1.29, 1.82) is 0 Å².